The van der Waals surface area contributed by atoms with Crippen LogP contribution in [0, 0.1) is 20.8 Å². The topological polar surface area (TPSA) is 0 Å². The maximum absolute atomic E-state index is 4.93. The Bertz CT molecular complexity index is 1400. The molecule has 40 heavy (non-hydrogen) atoms. The second-order valence-corrected chi connectivity index (χ2v) is 12.7. The molecule has 6 rings (SSSR count). The fraction of sp³-hybridized carbons (Fsp3) is 0.139. The summed E-state index contributed by atoms with van der Waals surface area (Å²) in [5.41, 5.74) is 7.89. The van der Waals surface area contributed by atoms with Crippen LogP contribution in [0.1, 0.15) is 24.5 Å². The van der Waals surface area contributed by atoms with Crippen LogP contribution in [0.15, 0.2) is 121 Å². The second kappa shape index (κ2) is 19.0. The van der Waals surface area contributed by atoms with Crippen molar-refractivity contribution in [3.63, 3.8) is 0 Å². The molecular weight excluding hydrogens is 623 g/mol. The molecule has 3 radical (unpaired) electrons. The van der Waals surface area contributed by atoms with E-state index in [0.717, 1.165) is 6.42 Å². The molecule has 6 aromatic rings. The van der Waals surface area contributed by atoms with Crippen LogP contribution >= 0.6 is 17.0 Å². The molecule has 205 valence electrons. The van der Waals surface area contributed by atoms with Gasteiger partial charge in [0.2, 0.25) is 0 Å². The Morgan fingerprint density at radius 1 is 0.625 bits per heavy atom. The number of benzene rings is 4. The van der Waals surface area contributed by atoms with Crippen molar-refractivity contribution in [1.29, 1.82) is 0 Å². The van der Waals surface area contributed by atoms with Crippen molar-refractivity contribution in [2.45, 2.75) is 33.7 Å². The molecule has 6 aromatic carbocycles. The fourth-order valence-electron chi connectivity index (χ4n) is 4.51. The number of aryl methyl sites for hydroxylation is 2. The summed E-state index contributed by atoms with van der Waals surface area (Å²) < 4.78 is 0. The van der Waals surface area contributed by atoms with E-state index in [1.807, 2.05) is 6.92 Å². The average molecular weight is 659 g/mol. The van der Waals surface area contributed by atoms with E-state index in [4.69, 9.17) is 17.0 Å². The third-order valence-corrected chi connectivity index (χ3v) is 5.96. The first-order valence-corrected chi connectivity index (χ1v) is 20.5. The summed E-state index contributed by atoms with van der Waals surface area (Å²) in [6, 6.07) is 43.1. The summed E-state index contributed by atoms with van der Waals surface area (Å²) in [5.74, 6) is 0. The zero-order valence-corrected chi connectivity index (χ0v) is 28.7. The fourth-order valence-corrected chi connectivity index (χ4v) is 4.51. The number of hydrogen-bond acceptors (Lipinski definition) is 0. The van der Waals surface area contributed by atoms with E-state index in [1.165, 1.54) is 54.9 Å². The first-order chi connectivity index (χ1) is 19.5. The van der Waals surface area contributed by atoms with Crippen molar-refractivity contribution in [1.82, 2.24) is 0 Å². The molecule has 0 nitrogen and oxygen atoms in total. The van der Waals surface area contributed by atoms with Gasteiger partial charge in [-0.1, -0.05) is 111 Å². The first-order valence-electron chi connectivity index (χ1n) is 13.2. The van der Waals surface area contributed by atoms with Gasteiger partial charge in [0.25, 0.3) is 0 Å². The van der Waals surface area contributed by atoms with Crippen LogP contribution < -0.4 is 0 Å². The Morgan fingerprint density at radius 3 is 1.27 bits per heavy atom. The zero-order chi connectivity index (χ0) is 29.3. The van der Waals surface area contributed by atoms with Crippen LogP contribution in [0.3, 0.4) is 0 Å². The average Bonchev–Trinajstić information content (AvgIpc) is 3.57. The zero-order valence-electron chi connectivity index (χ0n) is 23.7. The first kappa shape index (κ1) is 34.0. The predicted octanol–water partition coefficient (Wildman–Crippen LogP) is 11.9. The van der Waals surface area contributed by atoms with Crippen LogP contribution in [0.5, 0.6) is 0 Å². The molecule has 0 fully saturated rings. The Hall–Kier alpha value is -2.22. The van der Waals surface area contributed by atoms with Crippen LogP contribution in [0.4, 0.5) is 0 Å². The molecule has 0 saturated carbocycles. The summed E-state index contributed by atoms with van der Waals surface area (Å²) >= 11 is -0.826. The van der Waals surface area contributed by atoms with Gasteiger partial charge in [0.05, 0.1) is 0 Å². The molecule has 0 heterocycles. The summed E-state index contributed by atoms with van der Waals surface area (Å²) in [7, 11) is 12.8. The van der Waals surface area contributed by atoms with Gasteiger partial charge in [-0.05, 0) is 11.1 Å². The van der Waals surface area contributed by atoms with Gasteiger partial charge >= 0.3 is 37.9 Å². The molecule has 0 aromatic heterocycles. The Kier molecular flexibility index (Phi) is 16.1. The molecule has 0 N–H and O–H groups in total. The molecule has 0 aliphatic heterocycles. The SMILES string of the molecule is C[Si].Cc1cc2c(-c3ccccc3)cccc2[cH-]1.Cc1cc2c(-c3ccccc3)cccc2[cH-]1.[CH2-]CC.[Cl][Zr][Cl]. The second-order valence-electron chi connectivity index (χ2n) is 8.99. The number of halogens is 2. The van der Waals surface area contributed by atoms with Crippen molar-refractivity contribution in [3.8, 4) is 22.3 Å². The van der Waals surface area contributed by atoms with Gasteiger partial charge in [-0.3, -0.25) is 0 Å². The quantitative estimate of drug-likeness (QED) is 0.128. The van der Waals surface area contributed by atoms with Crippen molar-refractivity contribution in [3.05, 3.63) is 139 Å². The Morgan fingerprint density at radius 2 is 0.950 bits per heavy atom. The Balaban J connectivity index is 0.000000223. The van der Waals surface area contributed by atoms with Gasteiger partial charge in [-0.2, -0.15) is 18.6 Å². The van der Waals surface area contributed by atoms with Crippen LogP contribution in [0.25, 0.3) is 43.8 Å². The monoisotopic (exact) mass is 656 g/mol. The van der Waals surface area contributed by atoms with Crippen molar-refractivity contribution < 1.29 is 20.8 Å². The van der Waals surface area contributed by atoms with Gasteiger partial charge in [0.15, 0.2) is 0 Å². The maximum atomic E-state index is 4.93. The molecule has 4 heteroatoms. The molecule has 0 amide bonds. The standard InChI is InChI=1S/2C16H13.C3H7.CH3Si.2ClH.Zr/c2*1-12-10-14-8-5-9-15(16(14)11-12)13-6-3-2-4-7-13;1-3-2;1-2;;;/h2*2-11H,1H3;1,3H2,2H3;1H3;2*1H;/q3*-1;;;;+2/p-2. The van der Waals surface area contributed by atoms with E-state index >= 15 is 0 Å². The summed E-state index contributed by atoms with van der Waals surface area (Å²) in [5, 5.41) is 5.37. The third kappa shape index (κ3) is 10.0. The summed E-state index contributed by atoms with van der Waals surface area (Å²) in [6.07, 6.45) is 1.00. The van der Waals surface area contributed by atoms with Crippen molar-refractivity contribution in [2.75, 3.05) is 0 Å². The van der Waals surface area contributed by atoms with E-state index in [0.29, 0.717) is 0 Å². The predicted molar refractivity (Wildman–Crippen MR) is 178 cm³/mol. The van der Waals surface area contributed by atoms with Crippen LogP contribution in [-0.4, -0.2) is 10.2 Å². The van der Waals surface area contributed by atoms with E-state index in [9.17, 15) is 0 Å². The summed E-state index contributed by atoms with van der Waals surface area (Å²) in [4.78, 5) is 0. The van der Waals surface area contributed by atoms with E-state index in [2.05, 4.69) is 152 Å². The third-order valence-electron chi connectivity index (χ3n) is 5.96. The minimum atomic E-state index is -0.826. The van der Waals surface area contributed by atoms with Gasteiger partial charge < -0.3 is 6.92 Å². The number of fused-ring (bicyclic) bond motifs is 2. The van der Waals surface area contributed by atoms with Gasteiger partial charge in [-0.25, -0.2) is 0 Å². The van der Waals surface area contributed by atoms with Crippen LogP contribution in [0.2, 0.25) is 6.55 Å². The van der Waals surface area contributed by atoms with Gasteiger partial charge in [0, 0.05) is 10.2 Å². The normalized spacial score (nSPS) is 9.60. The minimum absolute atomic E-state index is 0.826. The molecule has 0 unspecified atom stereocenters. The van der Waals surface area contributed by atoms with E-state index in [-0.39, 0.29) is 0 Å². The Labute approximate surface area is 263 Å². The molecule has 0 aliphatic rings. The number of rotatable bonds is 2. The molecule has 0 aliphatic carbocycles. The van der Waals surface area contributed by atoms with Crippen LogP contribution in [-0.2, 0) is 20.8 Å². The van der Waals surface area contributed by atoms with Crippen molar-refractivity contribution >= 4 is 48.8 Å². The van der Waals surface area contributed by atoms with E-state index < -0.39 is 20.8 Å². The molecule has 0 atom stereocenters. The van der Waals surface area contributed by atoms with E-state index in [1.54, 1.807) is 6.55 Å². The molecule has 0 spiro atoms. The molecular formula is C36H36Cl2SiZr-3. The molecule has 0 bridgehead atoms. The number of hydrogen-bond donors (Lipinski definition) is 0. The molecule has 0 saturated heterocycles. The van der Waals surface area contributed by atoms with Crippen molar-refractivity contribution in [2.24, 2.45) is 0 Å². The van der Waals surface area contributed by atoms with Gasteiger partial charge in [0.1, 0.15) is 0 Å². The summed E-state index contributed by atoms with van der Waals surface area (Å²) in [6.45, 7) is 11.6. The van der Waals surface area contributed by atoms with Gasteiger partial charge in [-0.15, -0.1) is 69.1 Å².